The van der Waals surface area contributed by atoms with E-state index in [0.717, 1.165) is 24.3 Å². The normalized spacial score (nSPS) is 10.3. The molecular weight excluding hydrogens is 320 g/mol. The molecule has 23 heavy (non-hydrogen) atoms. The molecule has 0 unspecified atom stereocenters. The summed E-state index contributed by atoms with van der Waals surface area (Å²) in [7, 11) is 0. The first kappa shape index (κ1) is 16.5. The minimum absolute atomic E-state index is 0.495. The van der Waals surface area contributed by atoms with Gasteiger partial charge in [0.05, 0.1) is 0 Å². The fourth-order valence-corrected chi connectivity index (χ4v) is 1.55. The van der Waals surface area contributed by atoms with Crippen molar-refractivity contribution in [1.29, 1.82) is 0 Å². The Kier molecular flexibility index (Phi) is 4.95. The van der Waals surface area contributed by atoms with E-state index >= 15 is 0 Å². The maximum atomic E-state index is 13.3. The fraction of sp³-hybridized carbons (Fsp3) is 0.0667. The van der Waals surface area contributed by atoms with Crippen LogP contribution in [0.5, 0.6) is 11.5 Å². The molecular formula is C15H8F4O4. The van der Waals surface area contributed by atoms with E-state index in [9.17, 15) is 27.2 Å². The quantitative estimate of drug-likeness (QED) is 0.374. The first-order chi connectivity index (χ1) is 10.8. The van der Waals surface area contributed by atoms with Gasteiger partial charge in [0.1, 0.15) is 18.1 Å². The van der Waals surface area contributed by atoms with Crippen LogP contribution in [0.2, 0.25) is 0 Å². The van der Waals surface area contributed by atoms with E-state index in [1.807, 2.05) is 0 Å². The lowest BCUT2D eigenvalue weighted by atomic mass is 10.3. The molecule has 0 aliphatic carbocycles. The number of halogens is 4. The molecule has 0 aliphatic heterocycles. The van der Waals surface area contributed by atoms with Crippen LogP contribution in [0.4, 0.5) is 17.6 Å². The van der Waals surface area contributed by atoms with Crippen molar-refractivity contribution in [3.63, 3.8) is 0 Å². The third-order valence-corrected chi connectivity index (χ3v) is 2.52. The summed E-state index contributed by atoms with van der Waals surface area (Å²) in [6.45, 7) is 0. The lowest BCUT2D eigenvalue weighted by molar-refractivity contribution is -0.144. The van der Waals surface area contributed by atoms with Gasteiger partial charge in [-0.15, -0.1) is 0 Å². The van der Waals surface area contributed by atoms with Crippen LogP contribution in [-0.4, -0.2) is 11.9 Å². The number of carbonyl (C=O) groups is 2. The summed E-state index contributed by atoms with van der Waals surface area (Å²) in [6.07, 6.45) is -0.951. The molecule has 0 atom stereocenters. The third kappa shape index (κ3) is 4.53. The third-order valence-electron chi connectivity index (χ3n) is 2.52. The van der Waals surface area contributed by atoms with Crippen molar-refractivity contribution in [2.24, 2.45) is 0 Å². The van der Waals surface area contributed by atoms with Gasteiger partial charge in [0.15, 0.2) is 23.1 Å². The summed E-state index contributed by atoms with van der Waals surface area (Å²) in [5, 5.41) is 0. The van der Waals surface area contributed by atoms with Crippen LogP contribution in [-0.2, 0) is 9.59 Å². The predicted octanol–water partition coefficient (Wildman–Crippen LogP) is 3.14. The van der Waals surface area contributed by atoms with Crippen LogP contribution in [0.15, 0.2) is 36.4 Å². The minimum Gasteiger partial charge on any atom is -0.423 e. The second kappa shape index (κ2) is 6.91. The first-order valence-electron chi connectivity index (χ1n) is 6.16. The number of ether oxygens (including phenoxy) is 2. The zero-order valence-electron chi connectivity index (χ0n) is 11.3. The molecule has 0 spiro atoms. The summed E-state index contributed by atoms with van der Waals surface area (Å²) in [4.78, 5) is 22.9. The molecule has 2 aromatic carbocycles. The molecule has 2 rings (SSSR count). The van der Waals surface area contributed by atoms with Gasteiger partial charge in [0, 0.05) is 12.1 Å². The van der Waals surface area contributed by atoms with Gasteiger partial charge >= 0.3 is 11.9 Å². The van der Waals surface area contributed by atoms with Gasteiger partial charge in [0.2, 0.25) is 0 Å². The average molecular weight is 328 g/mol. The van der Waals surface area contributed by atoms with E-state index in [2.05, 4.69) is 9.47 Å². The molecule has 8 heteroatoms. The second-order valence-electron chi connectivity index (χ2n) is 4.27. The number of hydrogen-bond acceptors (Lipinski definition) is 4. The molecule has 0 amide bonds. The molecule has 0 N–H and O–H groups in total. The Hall–Kier alpha value is -2.90. The summed E-state index contributed by atoms with van der Waals surface area (Å²) < 4.78 is 61.0. The Morgan fingerprint density at radius 3 is 1.48 bits per heavy atom. The first-order valence-corrected chi connectivity index (χ1v) is 6.16. The summed E-state index contributed by atoms with van der Waals surface area (Å²) >= 11 is 0. The van der Waals surface area contributed by atoms with E-state index in [1.165, 1.54) is 0 Å². The monoisotopic (exact) mass is 328 g/mol. The van der Waals surface area contributed by atoms with Gasteiger partial charge in [-0.05, 0) is 24.3 Å². The highest BCUT2D eigenvalue weighted by Gasteiger charge is 2.17. The van der Waals surface area contributed by atoms with Gasteiger partial charge in [0.25, 0.3) is 0 Å². The lowest BCUT2D eigenvalue weighted by Gasteiger charge is -2.06. The van der Waals surface area contributed by atoms with Crippen molar-refractivity contribution in [3.8, 4) is 11.5 Å². The second-order valence-corrected chi connectivity index (χ2v) is 4.27. The van der Waals surface area contributed by atoms with E-state index in [1.54, 1.807) is 0 Å². The maximum absolute atomic E-state index is 13.3. The van der Waals surface area contributed by atoms with E-state index < -0.39 is 53.1 Å². The molecule has 0 saturated carbocycles. The Bertz CT molecular complexity index is 698. The smallest absolute Gasteiger partial charge is 0.322 e. The molecule has 0 saturated heterocycles. The molecule has 2 aromatic rings. The van der Waals surface area contributed by atoms with E-state index in [4.69, 9.17) is 0 Å². The summed E-state index contributed by atoms with van der Waals surface area (Å²) in [5.74, 6) is -7.52. The zero-order chi connectivity index (χ0) is 17.0. The van der Waals surface area contributed by atoms with Crippen molar-refractivity contribution in [2.45, 2.75) is 6.42 Å². The van der Waals surface area contributed by atoms with Gasteiger partial charge in [-0.25, -0.2) is 17.6 Å². The van der Waals surface area contributed by atoms with E-state index in [-0.39, 0.29) is 0 Å². The lowest BCUT2D eigenvalue weighted by Crippen LogP contribution is -2.19. The van der Waals surface area contributed by atoms with Crippen molar-refractivity contribution in [1.82, 2.24) is 0 Å². The van der Waals surface area contributed by atoms with E-state index in [0.29, 0.717) is 12.1 Å². The summed E-state index contributed by atoms with van der Waals surface area (Å²) in [5.41, 5.74) is 0. The Balaban J connectivity index is 1.95. The molecule has 0 fully saturated rings. The largest absolute Gasteiger partial charge is 0.423 e. The Morgan fingerprint density at radius 1 is 0.739 bits per heavy atom. The molecule has 0 radical (unpaired) electrons. The number of hydrogen-bond donors (Lipinski definition) is 0. The number of rotatable bonds is 4. The van der Waals surface area contributed by atoms with Gasteiger partial charge in [-0.2, -0.15) is 0 Å². The van der Waals surface area contributed by atoms with Crippen LogP contribution in [0, 0.1) is 23.3 Å². The standard InChI is InChI=1S/C15H8F4O4/c16-8-1-3-12(10(18)5-8)22-14(20)7-15(21)23-13-4-2-9(17)6-11(13)19/h1-6H,7H2. The topological polar surface area (TPSA) is 52.6 Å². The summed E-state index contributed by atoms with van der Waals surface area (Å²) in [6, 6.07) is 4.44. The molecule has 0 bridgehead atoms. The molecule has 4 nitrogen and oxygen atoms in total. The molecule has 0 heterocycles. The van der Waals surface area contributed by atoms with Crippen molar-refractivity contribution in [3.05, 3.63) is 59.7 Å². The highest BCUT2D eigenvalue weighted by molar-refractivity contribution is 5.93. The fourth-order valence-electron chi connectivity index (χ4n) is 1.55. The van der Waals surface area contributed by atoms with Crippen molar-refractivity contribution < 1.29 is 36.6 Å². The van der Waals surface area contributed by atoms with Gasteiger partial charge in [-0.1, -0.05) is 0 Å². The van der Waals surface area contributed by atoms with Crippen molar-refractivity contribution >= 4 is 11.9 Å². The Morgan fingerprint density at radius 2 is 1.13 bits per heavy atom. The maximum Gasteiger partial charge on any atom is 0.322 e. The SMILES string of the molecule is O=C(CC(=O)Oc1ccc(F)cc1F)Oc1ccc(F)cc1F. The van der Waals surface area contributed by atoms with Crippen molar-refractivity contribution in [2.75, 3.05) is 0 Å². The minimum atomic E-state index is -1.19. The van der Waals surface area contributed by atoms with Crippen LogP contribution >= 0.6 is 0 Å². The number of benzene rings is 2. The number of esters is 2. The highest BCUT2D eigenvalue weighted by Crippen LogP contribution is 2.20. The van der Waals surface area contributed by atoms with Gasteiger partial charge in [-0.3, -0.25) is 9.59 Å². The zero-order valence-corrected chi connectivity index (χ0v) is 11.3. The van der Waals surface area contributed by atoms with Crippen LogP contribution in [0.1, 0.15) is 6.42 Å². The number of carbonyl (C=O) groups excluding carboxylic acids is 2. The molecule has 0 aromatic heterocycles. The molecule has 0 aliphatic rings. The highest BCUT2D eigenvalue weighted by atomic mass is 19.1. The van der Waals surface area contributed by atoms with Crippen LogP contribution in [0.3, 0.4) is 0 Å². The van der Waals surface area contributed by atoms with Crippen LogP contribution in [0.25, 0.3) is 0 Å². The average Bonchev–Trinajstić information content (AvgIpc) is 2.45. The van der Waals surface area contributed by atoms with Gasteiger partial charge < -0.3 is 9.47 Å². The van der Waals surface area contributed by atoms with Crippen LogP contribution < -0.4 is 9.47 Å². The predicted molar refractivity (Wildman–Crippen MR) is 68.6 cm³/mol. The Labute approximate surface area is 127 Å². The molecule has 120 valence electrons.